The Morgan fingerprint density at radius 1 is 0.970 bits per heavy atom. The highest BCUT2D eigenvalue weighted by Crippen LogP contribution is 2.05. The molecule has 12 heteroatoms. The maximum absolute atomic E-state index is 12.6. The molecule has 0 saturated carbocycles. The molecule has 0 aliphatic rings. The number of rotatable bonds is 15. The topological polar surface area (TPSA) is 188 Å². The summed E-state index contributed by atoms with van der Waals surface area (Å²) in [6, 6.07) is 5.99. The number of nitrogens with two attached hydrogens (primary N) is 1. The van der Waals surface area contributed by atoms with Crippen LogP contribution in [0.25, 0.3) is 0 Å². The van der Waals surface area contributed by atoms with E-state index in [1.165, 1.54) is 11.8 Å². The number of aliphatic carboxylic acids is 2. The van der Waals surface area contributed by atoms with E-state index in [-0.39, 0.29) is 6.42 Å². The van der Waals surface area contributed by atoms with E-state index < -0.39 is 60.8 Å². The third-order valence-corrected chi connectivity index (χ3v) is 5.23. The summed E-state index contributed by atoms with van der Waals surface area (Å²) < 4.78 is 0. The number of carbonyl (C=O) groups is 5. The molecule has 3 unspecified atom stereocenters. The van der Waals surface area contributed by atoms with Crippen molar-refractivity contribution < 1.29 is 34.2 Å². The smallest absolute Gasteiger partial charge is 0.326 e. The van der Waals surface area contributed by atoms with Crippen molar-refractivity contribution in [3.63, 3.8) is 0 Å². The Labute approximate surface area is 195 Å². The van der Waals surface area contributed by atoms with Crippen LogP contribution in [0.5, 0.6) is 0 Å². The second kappa shape index (κ2) is 14.9. The summed E-state index contributed by atoms with van der Waals surface area (Å²) in [5.74, 6) is -3.93. The number of benzene rings is 1. The molecule has 0 bridgehead atoms. The summed E-state index contributed by atoms with van der Waals surface area (Å²) in [6.07, 6.45) is 1.70. The van der Waals surface area contributed by atoms with Crippen LogP contribution in [0.3, 0.4) is 0 Å². The van der Waals surface area contributed by atoms with Gasteiger partial charge in [0.05, 0.1) is 12.6 Å². The number of carboxylic acid groups (broad SMARTS) is 2. The highest BCUT2D eigenvalue weighted by molar-refractivity contribution is 7.98. The zero-order valence-corrected chi connectivity index (χ0v) is 19.1. The van der Waals surface area contributed by atoms with Crippen LogP contribution < -0.4 is 21.7 Å². The van der Waals surface area contributed by atoms with Crippen molar-refractivity contribution in [2.45, 2.75) is 43.8 Å². The van der Waals surface area contributed by atoms with Gasteiger partial charge in [0.25, 0.3) is 0 Å². The summed E-state index contributed by atoms with van der Waals surface area (Å²) in [6.45, 7) is -0.530. The molecule has 182 valence electrons. The van der Waals surface area contributed by atoms with Crippen LogP contribution >= 0.6 is 11.8 Å². The Kier molecular flexibility index (Phi) is 12.6. The van der Waals surface area contributed by atoms with Gasteiger partial charge in [0.1, 0.15) is 12.1 Å². The molecule has 3 amide bonds. The molecule has 7 N–H and O–H groups in total. The molecule has 0 aromatic heterocycles. The van der Waals surface area contributed by atoms with E-state index in [9.17, 15) is 24.0 Å². The van der Waals surface area contributed by atoms with Crippen LogP contribution in [-0.4, -0.2) is 76.6 Å². The maximum atomic E-state index is 12.6. The number of carboxylic acids is 2. The first-order chi connectivity index (χ1) is 15.6. The summed E-state index contributed by atoms with van der Waals surface area (Å²) in [5.41, 5.74) is 6.84. The molecular formula is C21H30N4O7S. The van der Waals surface area contributed by atoms with Gasteiger partial charge in [0.2, 0.25) is 17.7 Å². The van der Waals surface area contributed by atoms with Crippen molar-refractivity contribution in [3.8, 4) is 0 Å². The predicted molar refractivity (Wildman–Crippen MR) is 122 cm³/mol. The number of nitrogens with one attached hydrogen (secondary N) is 3. The van der Waals surface area contributed by atoms with Crippen LogP contribution in [0.4, 0.5) is 0 Å². The van der Waals surface area contributed by atoms with E-state index in [4.69, 9.17) is 15.9 Å². The first-order valence-electron chi connectivity index (χ1n) is 10.2. The standard InChI is InChI=1S/C21H30N4O7S/c1-33-10-9-15(25-19(29)14(22)11-13-5-3-2-4-6-13)20(30)23-12-17(26)24-16(21(31)32)7-8-18(27)28/h2-6,14-16H,7-12,22H2,1H3,(H,23,30)(H,24,26)(H,25,29)(H,27,28)(H,31,32). The average Bonchev–Trinajstić information content (AvgIpc) is 2.77. The molecule has 1 aromatic carbocycles. The van der Waals surface area contributed by atoms with Gasteiger partial charge in [-0.1, -0.05) is 30.3 Å². The van der Waals surface area contributed by atoms with E-state index in [1.807, 2.05) is 36.6 Å². The molecule has 0 fully saturated rings. The fourth-order valence-corrected chi connectivity index (χ4v) is 3.28. The Balaban J connectivity index is 2.63. The van der Waals surface area contributed by atoms with Crippen LogP contribution in [-0.2, 0) is 30.4 Å². The fraction of sp³-hybridized carbons (Fsp3) is 0.476. The van der Waals surface area contributed by atoms with Gasteiger partial charge in [-0.15, -0.1) is 0 Å². The Hall–Kier alpha value is -3.12. The van der Waals surface area contributed by atoms with Gasteiger partial charge in [-0.3, -0.25) is 19.2 Å². The van der Waals surface area contributed by atoms with Gasteiger partial charge in [-0.2, -0.15) is 11.8 Å². The van der Waals surface area contributed by atoms with E-state index in [0.29, 0.717) is 18.6 Å². The second-order valence-electron chi connectivity index (χ2n) is 7.25. The van der Waals surface area contributed by atoms with E-state index in [2.05, 4.69) is 16.0 Å². The summed E-state index contributed by atoms with van der Waals surface area (Å²) in [4.78, 5) is 58.9. The SMILES string of the molecule is CSCCC(NC(=O)C(N)Cc1ccccc1)C(=O)NCC(=O)NC(CCC(=O)O)C(=O)O. The number of hydrogen-bond acceptors (Lipinski definition) is 7. The molecule has 11 nitrogen and oxygen atoms in total. The lowest BCUT2D eigenvalue weighted by molar-refractivity contribution is -0.143. The third kappa shape index (κ3) is 11.3. The zero-order valence-electron chi connectivity index (χ0n) is 18.3. The van der Waals surface area contributed by atoms with Crippen molar-refractivity contribution in [2.75, 3.05) is 18.6 Å². The minimum Gasteiger partial charge on any atom is -0.481 e. The molecule has 0 heterocycles. The molecule has 0 radical (unpaired) electrons. The molecule has 33 heavy (non-hydrogen) atoms. The molecule has 0 aliphatic carbocycles. The lowest BCUT2D eigenvalue weighted by Gasteiger charge is -2.21. The molecule has 1 aromatic rings. The molecule has 0 saturated heterocycles. The highest BCUT2D eigenvalue weighted by atomic mass is 32.2. The quantitative estimate of drug-likeness (QED) is 0.189. The molecular weight excluding hydrogens is 452 g/mol. The summed E-state index contributed by atoms with van der Waals surface area (Å²) in [5, 5.41) is 24.9. The fourth-order valence-electron chi connectivity index (χ4n) is 2.81. The van der Waals surface area contributed by atoms with Crippen molar-refractivity contribution in [1.29, 1.82) is 0 Å². The third-order valence-electron chi connectivity index (χ3n) is 4.58. The average molecular weight is 483 g/mol. The maximum Gasteiger partial charge on any atom is 0.326 e. The highest BCUT2D eigenvalue weighted by Gasteiger charge is 2.25. The Bertz CT molecular complexity index is 822. The molecule has 0 spiro atoms. The lowest BCUT2D eigenvalue weighted by atomic mass is 10.1. The number of hydrogen-bond donors (Lipinski definition) is 6. The van der Waals surface area contributed by atoms with E-state index in [1.54, 1.807) is 0 Å². The Morgan fingerprint density at radius 2 is 1.64 bits per heavy atom. The first-order valence-corrected chi connectivity index (χ1v) is 11.6. The van der Waals surface area contributed by atoms with Crippen molar-refractivity contribution >= 4 is 41.4 Å². The van der Waals surface area contributed by atoms with Gasteiger partial charge in [0, 0.05) is 6.42 Å². The van der Waals surface area contributed by atoms with Crippen molar-refractivity contribution in [3.05, 3.63) is 35.9 Å². The monoisotopic (exact) mass is 482 g/mol. The van der Waals surface area contributed by atoms with Crippen LogP contribution in [0.2, 0.25) is 0 Å². The first kappa shape index (κ1) is 27.9. The largest absolute Gasteiger partial charge is 0.481 e. The van der Waals surface area contributed by atoms with Gasteiger partial charge >= 0.3 is 11.9 Å². The van der Waals surface area contributed by atoms with Crippen LogP contribution in [0.15, 0.2) is 30.3 Å². The minimum absolute atomic E-state index is 0.291. The van der Waals surface area contributed by atoms with Crippen LogP contribution in [0, 0.1) is 0 Å². The number of amides is 3. The van der Waals surface area contributed by atoms with Crippen molar-refractivity contribution in [2.24, 2.45) is 5.73 Å². The predicted octanol–water partition coefficient (Wildman–Crippen LogP) is -0.655. The van der Waals surface area contributed by atoms with E-state index in [0.717, 1.165) is 5.56 Å². The van der Waals surface area contributed by atoms with Gasteiger partial charge in [0.15, 0.2) is 0 Å². The van der Waals surface area contributed by atoms with Gasteiger partial charge in [-0.25, -0.2) is 4.79 Å². The van der Waals surface area contributed by atoms with Gasteiger partial charge in [-0.05, 0) is 36.8 Å². The molecule has 1 rings (SSSR count). The summed E-state index contributed by atoms with van der Waals surface area (Å²) in [7, 11) is 0. The number of thioether (sulfide) groups is 1. The molecule has 0 aliphatic heterocycles. The lowest BCUT2D eigenvalue weighted by Crippen LogP contribution is -2.54. The normalized spacial score (nSPS) is 13.3. The van der Waals surface area contributed by atoms with Gasteiger partial charge < -0.3 is 31.9 Å². The Morgan fingerprint density at radius 3 is 2.21 bits per heavy atom. The molecule has 3 atom stereocenters. The second-order valence-corrected chi connectivity index (χ2v) is 8.23. The van der Waals surface area contributed by atoms with Crippen LogP contribution in [0.1, 0.15) is 24.8 Å². The number of carbonyl (C=O) groups excluding carboxylic acids is 3. The minimum atomic E-state index is -1.39. The zero-order chi connectivity index (χ0) is 24.8. The van der Waals surface area contributed by atoms with E-state index >= 15 is 0 Å². The summed E-state index contributed by atoms with van der Waals surface area (Å²) >= 11 is 1.47. The van der Waals surface area contributed by atoms with Crippen molar-refractivity contribution in [1.82, 2.24) is 16.0 Å².